The number of fused-ring (bicyclic) bond motifs is 1. The van der Waals surface area contributed by atoms with Crippen LogP contribution in [-0.2, 0) is 4.79 Å². The minimum atomic E-state index is -1.03. The molecule has 4 rings (SSSR count). The van der Waals surface area contributed by atoms with E-state index < -0.39 is 5.41 Å². The first kappa shape index (κ1) is 22.5. The van der Waals surface area contributed by atoms with E-state index in [0.717, 1.165) is 49.2 Å². The minimum Gasteiger partial charge on any atom is -0.387 e. The number of hydrazine groups is 1. The van der Waals surface area contributed by atoms with Crippen molar-refractivity contribution in [1.82, 2.24) is 10.0 Å². The summed E-state index contributed by atoms with van der Waals surface area (Å²) in [5, 5.41) is 16.4. The van der Waals surface area contributed by atoms with Crippen LogP contribution in [0.3, 0.4) is 0 Å². The van der Waals surface area contributed by atoms with Crippen molar-refractivity contribution in [2.45, 2.75) is 45.1 Å². The van der Waals surface area contributed by atoms with Crippen LogP contribution in [0.1, 0.15) is 44.6 Å². The van der Waals surface area contributed by atoms with Gasteiger partial charge in [-0.05, 0) is 49.5 Å². The zero-order chi connectivity index (χ0) is 22.7. The lowest BCUT2D eigenvalue weighted by molar-refractivity contribution is -0.120. The van der Waals surface area contributed by atoms with Crippen LogP contribution in [0.25, 0.3) is 6.08 Å². The summed E-state index contributed by atoms with van der Waals surface area (Å²) in [5.74, 6) is -0.102. The summed E-state index contributed by atoms with van der Waals surface area (Å²) in [7, 11) is 2.15. The summed E-state index contributed by atoms with van der Waals surface area (Å²) in [4.78, 5) is 13.6. The number of rotatable bonds is 8. The number of anilines is 1. The van der Waals surface area contributed by atoms with Crippen molar-refractivity contribution in [2.75, 3.05) is 32.0 Å². The zero-order valence-electron chi connectivity index (χ0n) is 19.2. The number of benzene rings is 1. The van der Waals surface area contributed by atoms with Crippen LogP contribution < -0.4 is 11.1 Å². The van der Waals surface area contributed by atoms with Crippen LogP contribution in [0.15, 0.2) is 53.6 Å². The van der Waals surface area contributed by atoms with E-state index in [2.05, 4.69) is 35.4 Å². The minimum absolute atomic E-state index is 0.0483. The summed E-state index contributed by atoms with van der Waals surface area (Å²) in [6.07, 6.45) is 12.4. The second-order valence-electron chi connectivity index (χ2n) is 9.26. The first-order chi connectivity index (χ1) is 15.4. The van der Waals surface area contributed by atoms with Crippen molar-refractivity contribution in [2.24, 2.45) is 11.1 Å². The lowest BCUT2D eigenvalue weighted by Gasteiger charge is -2.33. The highest BCUT2D eigenvalue weighted by Gasteiger charge is 2.42. The standard InChI is InChI=1S/C26H35N5O/c1-19-12-16-30(2)31(19)15-7-3-6-13-26(25(27)28)14-8-10-22(24(26)32)21-17-20-9-4-5-11-23(20)29-18-21/h4-5,8-11,14,17,19,29H,3,6-7,12-13,15-16,18H2,1-2H3,(H3,27,28). The van der Waals surface area contributed by atoms with E-state index in [4.69, 9.17) is 11.1 Å². The third-order valence-electron chi connectivity index (χ3n) is 7.16. The smallest absolute Gasteiger partial charge is 0.180 e. The molecule has 1 saturated heterocycles. The van der Waals surface area contributed by atoms with Crippen molar-refractivity contribution in [1.29, 1.82) is 5.41 Å². The van der Waals surface area contributed by atoms with Crippen LogP contribution in [-0.4, -0.2) is 54.4 Å². The highest BCUT2D eigenvalue weighted by molar-refractivity contribution is 6.19. The predicted molar refractivity (Wildman–Crippen MR) is 131 cm³/mol. The molecule has 170 valence electrons. The van der Waals surface area contributed by atoms with Gasteiger partial charge in [0.1, 0.15) is 11.3 Å². The molecule has 4 N–H and O–H groups in total. The van der Waals surface area contributed by atoms with Crippen LogP contribution >= 0.6 is 0 Å². The maximum Gasteiger partial charge on any atom is 0.180 e. The average molecular weight is 434 g/mol. The number of nitrogens with zero attached hydrogens (tertiary/aromatic N) is 2. The number of carbonyl (C=O) groups excluding carboxylic acids is 1. The van der Waals surface area contributed by atoms with Gasteiger partial charge in [0.15, 0.2) is 5.78 Å². The average Bonchev–Trinajstić information content (AvgIpc) is 3.11. The van der Waals surface area contributed by atoms with Gasteiger partial charge in [-0.15, -0.1) is 0 Å². The van der Waals surface area contributed by atoms with E-state index in [1.165, 1.54) is 6.42 Å². The quantitative estimate of drug-likeness (QED) is 0.328. The van der Waals surface area contributed by atoms with Gasteiger partial charge >= 0.3 is 0 Å². The van der Waals surface area contributed by atoms with E-state index in [9.17, 15) is 4.79 Å². The third-order valence-corrected chi connectivity index (χ3v) is 7.16. The lowest BCUT2D eigenvalue weighted by atomic mass is 9.71. The maximum absolute atomic E-state index is 13.6. The molecule has 2 unspecified atom stereocenters. The Balaban J connectivity index is 1.41. The van der Waals surface area contributed by atoms with Crippen LogP contribution in [0.5, 0.6) is 0 Å². The van der Waals surface area contributed by atoms with E-state index in [1.54, 1.807) is 0 Å². The summed E-state index contributed by atoms with van der Waals surface area (Å²) in [6, 6.07) is 8.68. The number of ketones is 1. The number of carbonyl (C=O) groups is 1. The lowest BCUT2D eigenvalue weighted by Crippen LogP contribution is -2.44. The molecule has 2 heterocycles. The molecule has 6 heteroatoms. The van der Waals surface area contributed by atoms with Crippen LogP contribution in [0, 0.1) is 10.8 Å². The number of hydrogen-bond acceptors (Lipinski definition) is 5. The fourth-order valence-electron chi connectivity index (χ4n) is 5.12. The Labute approximate surface area is 191 Å². The molecule has 0 aromatic heterocycles. The molecule has 32 heavy (non-hydrogen) atoms. The Morgan fingerprint density at radius 1 is 1.28 bits per heavy atom. The fraction of sp³-hybridized carbons (Fsp3) is 0.462. The first-order valence-electron chi connectivity index (χ1n) is 11.7. The maximum atomic E-state index is 13.6. The molecule has 3 aliphatic rings. The van der Waals surface area contributed by atoms with Crippen molar-refractivity contribution in [3.05, 3.63) is 59.2 Å². The fourth-order valence-corrected chi connectivity index (χ4v) is 5.12. The van der Waals surface area contributed by atoms with Crippen LogP contribution in [0.4, 0.5) is 5.69 Å². The van der Waals surface area contributed by atoms with Gasteiger partial charge in [0.2, 0.25) is 0 Å². The van der Waals surface area contributed by atoms with Gasteiger partial charge in [-0.3, -0.25) is 10.2 Å². The Morgan fingerprint density at radius 3 is 2.84 bits per heavy atom. The summed E-state index contributed by atoms with van der Waals surface area (Å²) in [6.45, 7) is 5.04. The van der Waals surface area contributed by atoms with Gasteiger partial charge in [0, 0.05) is 44.0 Å². The van der Waals surface area contributed by atoms with Gasteiger partial charge in [-0.1, -0.05) is 49.3 Å². The van der Waals surface area contributed by atoms with Gasteiger partial charge in [0.25, 0.3) is 0 Å². The molecule has 0 amide bonds. The van der Waals surface area contributed by atoms with Gasteiger partial charge in [-0.25, -0.2) is 10.0 Å². The Morgan fingerprint density at radius 2 is 2.09 bits per heavy atom. The normalized spacial score (nSPS) is 25.8. The molecule has 0 radical (unpaired) electrons. The van der Waals surface area contributed by atoms with Crippen molar-refractivity contribution >= 4 is 23.4 Å². The molecule has 1 aliphatic carbocycles. The summed E-state index contributed by atoms with van der Waals surface area (Å²) < 4.78 is 0. The summed E-state index contributed by atoms with van der Waals surface area (Å²) in [5.41, 5.74) is 8.79. The zero-order valence-corrected chi connectivity index (χ0v) is 19.2. The van der Waals surface area contributed by atoms with E-state index >= 15 is 0 Å². The van der Waals surface area contributed by atoms with Crippen molar-refractivity contribution < 1.29 is 4.79 Å². The number of hydrogen-bond donors (Lipinski definition) is 3. The number of amidine groups is 1. The molecular weight excluding hydrogens is 398 g/mol. The number of nitrogens with two attached hydrogens (primary N) is 1. The molecule has 0 bridgehead atoms. The van der Waals surface area contributed by atoms with Gasteiger partial charge in [0.05, 0.1) is 0 Å². The highest BCUT2D eigenvalue weighted by atomic mass is 16.1. The van der Waals surface area contributed by atoms with Gasteiger partial charge < -0.3 is 11.1 Å². The molecule has 2 atom stereocenters. The monoisotopic (exact) mass is 433 g/mol. The number of allylic oxidation sites excluding steroid dienone is 2. The first-order valence-corrected chi connectivity index (χ1v) is 11.7. The molecule has 6 nitrogen and oxygen atoms in total. The molecule has 0 saturated carbocycles. The molecule has 1 fully saturated rings. The Hall–Kier alpha value is -2.70. The molecule has 1 aromatic rings. The third kappa shape index (κ3) is 4.30. The number of nitrogens with one attached hydrogen (secondary N) is 2. The Bertz CT molecular complexity index is 968. The van der Waals surface area contributed by atoms with Gasteiger partial charge in [-0.2, -0.15) is 0 Å². The van der Waals surface area contributed by atoms with Crippen molar-refractivity contribution in [3.63, 3.8) is 0 Å². The predicted octanol–water partition coefficient (Wildman–Crippen LogP) is 3.98. The van der Waals surface area contributed by atoms with E-state index in [0.29, 0.717) is 24.6 Å². The highest BCUT2D eigenvalue weighted by Crippen LogP contribution is 2.38. The van der Waals surface area contributed by atoms with Crippen molar-refractivity contribution in [3.8, 4) is 0 Å². The van der Waals surface area contributed by atoms with E-state index in [-0.39, 0.29) is 11.6 Å². The summed E-state index contributed by atoms with van der Waals surface area (Å²) >= 11 is 0. The largest absolute Gasteiger partial charge is 0.387 e. The second-order valence-corrected chi connectivity index (χ2v) is 9.26. The van der Waals surface area contributed by atoms with E-state index in [1.807, 2.05) is 42.5 Å². The Kier molecular flexibility index (Phi) is 6.63. The second kappa shape index (κ2) is 9.43. The topological polar surface area (TPSA) is 85.4 Å². The molecule has 1 aromatic carbocycles. The van der Waals surface area contributed by atoms with Crippen LogP contribution in [0.2, 0.25) is 0 Å². The number of unbranched alkanes of at least 4 members (excludes halogenated alkanes) is 2. The number of Topliss-reactive ketones (excluding diaryl/α,β-unsaturated/α-hetero) is 1. The number of para-hydroxylation sites is 1. The SMILES string of the molecule is CC1CCN(C)N1CCCCCC1(C(=N)N)C=CC=C(C2=Cc3ccccc3NC2)C1=O. The molecular formula is C26H35N5O. The molecule has 0 spiro atoms. The molecule has 2 aliphatic heterocycles.